The summed E-state index contributed by atoms with van der Waals surface area (Å²) >= 11 is 0. The minimum atomic E-state index is -0.328. The number of ether oxygens (including phenoxy) is 1. The minimum absolute atomic E-state index is 0.140. The molecule has 5 heteroatoms. The van der Waals surface area contributed by atoms with E-state index in [1.807, 2.05) is 69.3 Å². The molecule has 154 valence electrons. The zero-order valence-corrected chi connectivity index (χ0v) is 17.4. The van der Waals surface area contributed by atoms with Gasteiger partial charge in [-0.1, -0.05) is 48.5 Å². The summed E-state index contributed by atoms with van der Waals surface area (Å²) < 4.78 is 5.61. The van der Waals surface area contributed by atoms with Crippen molar-refractivity contribution in [3.8, 4) is 5.75 Å². The average molecular weight is 402 g/mol. The van der Waals surface area contributed by atoms with E-state index in [0.717, 1.165) is 16.7 Å². The van der Waals surface area contributed by atoms with E-state index in [1.54, 1.807) is 24.3 Å². The van der Waals surface area contributed by atoms with Crippen LogP contribution in [0, 0.1) is 13.8 Å². The molecule has 2 N–H and O–H groups in total. The molecule has 0 radical (unpaired) electrons. The molecule has 2 amide bonds. The van der Waals surface area contributed by atoms with Crippen molar-refractivity contribution < 1.29 is 14.3 Å². The number of rotatable bonds is 7. The summed E-state index contributed by atoms with van der Waals surface area (Å²) in [6.45, 7) is 5.74. The second kappa shape index (κ2) is 9.74. The Bertz CT molecular complexity index is 1010. The Morgan fingerprint density at radius 2 is 1.53 bits per heavy atom. The monoisotopic (exact) mass is 402 g/mol. The maximum absolute atomic E-state index is 12.8. The number of hydrogen-bond acceptors (Lipinski definition) is 3. The molecule has 30 heavy (non-hydrogen) atoms. The van der Waals surface area contributed by atoms with Crippen LogP contribution in [0.15, 0.2) is 72.8 Å². The van der Waals surface area contributed by atoms with Crippen LogP contribution in [0.2, 0.25) is 0 Å². The minimum Gasteiger partial charge on any atom is -0.484 e. The average Bonchev–Trinajstić information content (AvgIpc) is 2.72. The van der Waals surface area contributed by atoms with E-state index in [4.69, 9.17) is 4.74 Å². The van der Waals surface area contributed by atoms with Gasteiger partial charge in [0, 0.05) is 0 Å². The highest BCUT2D eigenvalue weighted by Gasteiger charge is 2.16. The van der Waals surface area contributed by atoms with Gasteiger partial charge in [0.2, 0.25) is 0 Å². The van der Waals surface area contributed by atoms with Crippen LogP contribution < -0.4 is 15.4 Å². The van der Waals surface area contributed by atoms with Gasteiger partial charge >= 0.3 is 0 Å². The summed E-state index contributed by atoms with van der Waals surface area (Å²) in [6.07, 6.45) is 0. The third-order valence-corrected chi connectivity index (χ3v) is 4.66. The Kier molecular flexibility index (Phi) is 6.86. The topological polar surface area (TPSA) is 67.4 Å². The van der Waals surface area contributed by atoms with E-state index in [9.17, 15) is 9.59 Å². The van der Waals surface area contributed by atoms with Crippen LogP contribution in [-0.2, 0) is 4.79 Å². The number of para-hydroxylation sites is 1. The van der Waals surface area contributed by atoms with Crippen molar-refractivity contribution in [3.05, 3.63) is 95.1 Å². The second-order valence-corrected chi connectivity index (χ2v) is 7.31. The van der Waals surface area contributed by atoms with Crippen LogP contribution >= 0.6 is 0 Å². The van der Waals surface area contributed by atoms with Crippen molar-refractivity contribution in [2.24, 2.45) is 0 Å². The summed E-state index contributed by atoms with van der Waals surface area (Å²) in [5, 5.41) is 5.75. The lowest BCUT2D eigenvalue weighted by Crippen LogP contribution is -2.28. The molecule has 0 unspecified atom stereocenters. The third kappa shape index (κ3) is 5.70. The zero-order valence-electron chi connectivity index (χ0n) is 17.4. The van der Waals surface area contributed by atoms with Crippen LogP contribution in [0.3, 0.4) is 0 Å². The van der Waals surface area contributed by atoms with Crippen LogP contribution in [0.5, 0.6) is 5.75 Å². The maximum Gasteiger partial charge on any atom is 0.262 e. The van der Waals surface area contributed by atoms with Crippen molar-refractivity contribution in [3.63, 3.8) is 0 Å². The second-order valence-electron chi connectivity index (χ2n) is 7.31. The van der Waals surface area contributed by atoms with Gasteiger partial charge in [0.25, 0.3) is 11.8 Å². The molecule has 0 fully saturated rings. The first-order chi connectivity index (χ1) is 14.4. The predicted octanol–water partition coefficient (Wildman–Crippen LogP) is 4.81. The molecule has 0 aliphatic carbocycles. The number of benzene rings is 3. The summed E-state index contributed by atoms with van der Waals surface area (Å²) in [7, 11) is 0. The number of anilines is 1. The lowest BCUT2D eigenvalue weighted by Gasteiger charge is -2.16. The van der Waals surface area contributed by atoms with Gasteiger partial charge in [0.1, 0.15) is 5.75 Å². The van der Waals surface area contributed by atoms with Gasteiger partial charge in [-0.2, -0.15) is 0 Å². The Morgan fingerprint density at radius 1 is 0.900 bits per heavy atom. The lowest BCUT2D eigenvalue weighted by atomic mass is 10.1. The Morgan fingerprint density at radius 3 is 2.23 bits per heavy atom. The van der Waals surface area contributed by atoms with Gasteiger partial charge < -0.3 is 15.4 Å². The van der Waals surface area contributed by atoms with Gasteiger partial charge in [-0.15, -0.1) is 0 Å². The fourth-order valence-corrected chi connectivity index (χ4v) is 3.24. The predicted molar refractivity (Wildman–Crippen MR) is 119 cm³/mol. The summed E-state index contributed by atoms with van der Waals surface area (Å²) in [5.41, 5.74) is 4.00. The first kappa shape index (κ1) is 21.1. The molecule has 0 heterocycles. The summed E-state index contributed by atoms with van der Waals surface area (Å²) in [5.74, 6) is 0.0633. The fourth-order valence-electron chi connectivity index (χ4n) is 3.24. The van der Waals surface area contributed by atoms with Crippen molar-refractivity contribution in [2.75, 3.05) is 11.9 Å². The van der Waals surface area contributed by atoms with Gasteiger partial charge in [-0.25, -0.2) is 0 Å². The molecule has 0 aliphatic heterocycles. The van der Waals surface area contributed by atoms with E-state index in [-0.39, 0.29) is 24.5 Å². The summed E-state index contributed by atoms with van der Waals surface area (Å²) in [4.78, 5) is 25.2. The van der Waals surface area contributed by atoms with E-state index < -0.39 is 0 Å². The van der Waals surface area contributed by atoms with Crippen molar-refractivity contribution in [2.45, 2.75) is 26.8 Å². The molecule has 3 aromatic carbocycles. The molecule has 1 atom stereocenters. The van der Waals surface area contributed by atoms with Gasteiger partial charge in [0.15, 0.2) is 6.61 Å². The molecular weight excluding hydrogens is 376 g/mol. The third-order valence-electron chi connectivity index (χ3n) is 4.66. The highest BCUT2D eigenvalue weighted by Crippen LogP contribution is 2.19. The molecule has 0 spiro atoms. The zero-order chi connectivity index (χ0) is 21.5. The summed E-state index contributed by atoms with van der Waals surface area (Å²) in [6, 6.07) is 22.3. The van der Waals surface area contributed by atoms with Gasteiger partial charge in [0.05, 0.1) is 17.3 Å². The van der Waals surface area contributed by atoms with E-state index >= 15 is 0 Å². The fraction of sp³-hybridized carbons (Fsp3) is 0.200. The smallest absolute Gasteiger partial charge is 0.262 e. The van der Waals surface area contributed by atoms with E-state index in [0.29, 0.717) is 17.0 Å². The first-order valence-corrected chi connectivity index (χ1v) is 9.88. The largest absolute Gasteiger partial charge is 0.484 e. The van der Waals surface area contributed by atoms with Gasteiger partial charge in [-0.05, 0) is 61.7 Å². The normalized spacial score (nSPS) is 11.4. The number of nitrogens with one attached hydrogen (secondary N) is 2. The molecule has 0 aliphatic rings. The number of aryl methyl sites for hydroxylation is 2. The maximum atomic E-state index is 12.8. The molecular formula is C25H26N2O3. The Hall–Kier alpha value is -3.60. The van der Waals surface area contributed by atoms with Crippen LogP contribution in [0.25, 0.3) is 0 Å². The molecule has 3 rings (SSSR count). The van der Waals surface area contributed by atoms with Crippen LogP contribution in [0.1, 0.15) is 40.0 Å². The van der Waals surface area contributed by atoms with E-state index in [1.165, 1.54) is 0 Å². The molecule has 0 aromatic heterocycles. The highest BCUT2D eigenvalue weighted by molar-refractivity contribution is 6.04. The number of hydrogen-bond donors (Lipinski definition) is 2. The lowest BCUT2D eigenvalue weighted by molar-refractivity contribution is -0.118. The number of amides is 2. The molecule has 5 nitrogen and oxygen atoms in total. The van der Waals surface area contributed by atoms with Crippen molar-refractivity contribution in [1.29, 1.82) is 0 Å². The highest BCUT2D eigenvalue weighted by atomic mass is 16.5. The standard InChI is InChI=1S/C25H26N2O3/c1-17-13-18(2)15-21(14-17)30-16-24(28)27-23-12-8-7-11-22(23)25(29)26-19(3)20-9-5-4-6-10-20/h4-15,19H,16H2,1-3H3,(H,26,29)(H,27,28)/t19-/m1/s1. The van der Waals surface area contributed by atoms with Crippen LogP contribution in [0.4, 0.5) is 5.69 Å². The Balaban J connectivity index is 1.64. The molecule has 3 aromatic rings. The van der Waals surface area contributed by atoms with E-state index in [2.05, 4.69) is 10.6 Å². The number of carbonyl (C=O) groups is 2. The number of carbonyl (C=O) groups excluding carboxylic acids is 2. The van der Waals surface area contributed by atoms with Crippen molar-refractivity contribution >= 4 is 17.5 Å². The van der Waals surface area contributed by atoms with Gasteiger partial charge in [-0.3, -0.25) is 9.59 Å². The molecule has 0 saturated heterocycles. The molecule has 0 saturated carbocycles. The SMILES string of the molecule is Cc1cc(C)cc(OCC(=O)Nc2ccccc2C(=O)N[C@H](C)c2ccccc2)c1. The first-order valence-electron chi connectivity index (χ1n) is 9.88. The van der Waals surface area contributed by atoms with Crippen molar-refractivity contribution in [1.82, 2.24) is 5.32 Å². The quantitative estimate of drug-likeness (QED) is 0.596. The Labute approximate surface area is 177 Å². The molecule has 0 bridgehead atoms. The van der Waals surface area contributed by atoms with Crippen LogP contribution in [-0.4, -0.2) is 18.4 Å².